The number of aliphatic carboxylic acids is 1. The molecule has 0 spiro atoms. The van der Waals surface area contributed by atoms with Crippen molar-refractivity contribution in [3.05, 3.63) is 29.8 Å². The van der Waals surface area contributed by atoms with Gasteiger partial charge in [0.05, 0.1) is 6.54 Å². The van der Waals surface area contributed by atoms with E-state index in [1.54, 1.807) is 0 Å². The van der Waals surface area contributed by atoms with Gasteiger partial charge < -0.3 is 10.4 Å². The summed E-state index contributed by atoms with van der Waals surface area (Å²) in [5.41, 5.74) is 1.82. The quantitative estimate of drug-likeness (QED) is 0.713. The van der Waals surface area contributed by atoms with Crippen LogP contribution in [0.4, 0.5) is 5.69 Å². The van der Waals surface area contributed by atoms with E-state index >= 15 is 0 Å². The highest BCUT2D eigenvalue weighted by atomic mass is 16.4. The molecule has 0 saturated carbocycles. The van der Waals surface area contributed by atoms with Crippen LogP contribution in [0.15, 0.2) is 24.3 Å². The smallest absolute Gasteiger partial charge is 0.320 e. The number of anilines is 1. The van der Waals surface area contributed by atoms with Gasteiger partial charge in [-0.25, -0.2) is 0 Å². The molecule has 1 aromatic rings. The van der Waals surface area contributed by atoms with Gasteiger partial charge in [0.2, 0.25) is 5.91 Å². The minimum Gasteiger partial charge on any atom is -0.480 e. The molecule has 0 saturated heterocycles. The molecule has 1 unspecified atom stereocenters. The first-order valence-electron chi connectivity index (χ1n) is 6.71. The van der Waals surface area contributed by atoms with Crippen molar-refractivity contribution < 1.29 is 14.7 Å². The van der Waals surface area contributed by atoms with E-state index in [-0.39, 0.29) is 18.4 Å². The second-order valence-electron chi connectivity index (χ2n) is 5.32. The summed E-state index contributed by atoms with van der Waals surface area (Å²) in [5, 5.41) is 14.6. The molecule has 1 aromatic carbocycles. The zero-order valence-corrected chi connectivity index (χ0v) is 12.1. The van der Waals surface area contributed by atoms with E-state index < -0.39 is 12.0 Å². The third-order valence-electron chi connectivity index (χ3n) is 2.85. The summed E-state index contributed by atoms with van der Waals surface area (Å²) in [6.45, 7) is 5.85. The lowest BCUT2D eigenvalue weighted by Crippen LogP contribution is -2.42. The van der Waals surface area contributed by atoms with Gasteiger partial charge in [0, 0.05) is 5.69 Å². The molecule has 0 aliphatic rings. The highest BCUT2D eigenvalue weighted by molar-refractivity contribution is 5.92. The third-order valence-corrected chi connectivity index (χ3v) is 2.85. The molecule has 0 aliphatic carbocycles. The maximum Gasteiger partial charge on any atom is 0.320 e. The minimum absolute atomic E-state index is 0.0163. The molecule has 5 nitrogen and oxygen atoms in total. The Kier molecular flexibility index (Phi) is 6.18. The number of carbonyl (C=O) groups excluding carboxylic acids is 1. The summed E-state index contributed by atoms with van der Waals surface area (Å²) in [6.07, 6.45) is 0.493. The van der Waals surface area contributed by atoms with Crippen LogP contribution >= 0.6 is 0 Å². The molecule has 0 bridgehead atoms. The van der Waals surface area contributed by atoms with E-state index in [1.807, 2.05) is 45.0 Å². The van der Waals surface area contributed by atoms with Crippen LogP contribution in [0.1, 0.15) is 25.8 Å². The molecule has 20 heavy (non-hydrogen) atoms. The lowest BCUT2D eigenvalue weighted by atomic mass is 10.0. The molecular formula is C15H22N2O3. The van der Waals surface area contributed by atoms with Gasteiger partial charge in [-0.1, -0.05) is 31.5 Å². The van der Waals surface area contributed by atoms with E-state index in [2.05, 4.69) is 10.6 Å². The van der Waals surface area contributed by atoms with Gasteiger partial charge in [-0.2, -0.15) is 0 Å². The van der Waals surface area contributed by atoms with Gasteiger partial charge in [-0.3, -0.25) is 14.9 Å². The fourth-order valence-corrected chi connectivity index (χ4v) is 1.80. The van der Waals surface area contributed by atoms with Gasteiger partial charge in [-0.05, 0) is 31.4 Å². The number of carboxylic acid groups (broad SMARTS) is 1. The van der Waals surface area contributed by atoms with Crippen LogP contribution in [0.5, 0.6) is 0 Å². The summed E-state index contributed by atoms with van der Waals surface area (Å²) in [7, 11) is 0. The highest BCUT2D eigenvalue weighted by Crippen LogP contribution is 2.08. The minimum atomic E-state index is -0.929. The number of aryl methyl sites for hydroxylation is 1. The number of amides is 1. The summed E-state index contributed by atoms with van der Waals surface area (Å²) >= 11 is 0. The standard InChI is InChI=1S/C15H22N2O3/c1-10(2)8-13(15(19)20)16-9-14(18)17-12-6-4-11(3)5-7-12/h4-7,10,13,16H,8-9H2,1-3H3,(H,17,18)(H,19,20). The molecule has 0 aromatic heterocycles. The van der Waals surface area contributed by atoms with Gasteiger partial charge in [0.15, 0.2) is 0 Å². The molecule has 0 heterocycles. The Balaban J connectivity index is 2.45. The highest BCUT2D eigenvalue weighted by Gasteiger charge is 2.19. The van der Waals surface area contributed by atoms with E-state index in [4.69, 9.17) is 5.11 Å². The molecule has 1 rings (SSSR count). The summed E-state index contributed by atoms with van der Waals surface area (Å²) < 4.78 is 0. The number of carboxylic acids is 1. The van der Waals surface area contributed by atoms with Crippen LogP contribution in [-0.2, 0) is 9.59 Å². The summed E-state index contributed by atoms with van der Waals surface area (Å²) in [6, 6.07) is 6.74. The largest absolute Gasteiger partial charge is 0.480 e. The van der Waals surface area contributed by atoms with Crippen LogP contribution in [0.3, 0.4) is 0 Å². The monoisotopic (exact) mass is 278 g/mol. The first-order valence-corrected chi connectivity index (χ1v) is 6.71. The average Bonchev–Trinajstić information content (AvgIpc) is 2.36. The predicted octanol–water partition coefficient (Wildman–Crippen LogP) is 2.02. The number of carbonyl (C=O) groups is 2. The second kappa shape index (κ2) is 7.65. The van der Waals surface area contributed by atoms with Gasteiger partial charge in [0.25, 0.3) is 0 Å². The van der Waals surface area contributed by atoms with Crippen LogP contribution in [0.2, 0.25) is 0 Å². The first-order chi connectivity index (χ1) is 9.38. The fraction of sp³-hybridized carbons (Fsp3) is 0.467. The second-order valence-corrected chi connectivity index (χ2v) is 5.32. The molecule has 1 atom stereocenters. The number of nitrogens with one attached hydrogen (secondary N) is 2. The number of rotatable bonds is 7. The molecule has 0 aliphatic heterocycles. The van der Waals surface area contributed by atoms with Crippen LogP contribution in [0.25, 0.3) is 0 Å². The van der Waals surface area contributed by atoms with Crippen molar-refractivity contribution in [2.75, 3.05) is 11.9 Å². The molecule has 3 N–H and O–H groups in total. The van der Waals surface area contributed by atoms with Gasteiger partial charge >= 0.3 is 5.97 Å². The van der Waals surface area contributed by atoms with Crippen molar-refractivity contribution in [3.8, 4) is 0 Å². The Hall–Kier alpha value is -1.88. The summed E-state index contributed by atoms with van der Waals surface area (Å²) in [4.78, 5) is 22.8. The number of hydrogen-bond acceptors (Lipinski definition) is 3. The molecule has 0 fully saturated rings. The Morgan fingerprint density at radius 1 is 1.20 bits per heavy atom. The van der Waals surface area contributed by atoms with Crippen molar-refractivity contribution in [2.45, 2.75) is 33.2 Å². The predicted molar refractivity (Wildman–Crippen MR) is 78.7 cm³/mol. The topological polar surface area (TPSA) is 78.4 Å². The normalized spacial score (nSPS) is 12.2. The van der Waals surface area contributed by atoms with Crippen LogP contribution < -0.4 is 10.6 Å². The average molecular weight is 278 g/mol. The molecule has 5 heteroatoms. The van der Waals surface area contributed by atoms with E-state index in [0.717, 1.165) is 5.56 Å². The molecule has 110 valence electrons. The Morgan fingerprint density at radius 2 is 1.80 bits per heavy atom. The number of benzene rings is 1. The SMILES string of the molecule is Cc1ccc(NC(=O)CNC(CC(C)C)C(=O)O)cc1. The molecule has 1 amide bonds. The zero-order valence-electron chi connectivity index (χ0n) is 12.1. The molecule has 0 radical (unpaired) electrons. The Bertz CT molecular complexity index is 455. The van der Waals surface area contributed by atoms with Crippen LogP contribution in [-0.4, -0.2) is 29.6 Å². The Morgan fingerprint density at radius 3 is 2.30 bits per heavy atom. The maximum absolute atomic E-state index is 11.7. The number of hydrogen-bond donors (Lipinski definition) is 3. The molecular weight excluding hydrogens is 256 g/mol. The Labute approximate surface area is 119 Å². The van der Waals surface area contributed by atoms with Crippen molar-refractivity contribution in [1.29, 1.82) is 0 Å². The van der Waals surface area contributed by atoms with Gasteiger partial charge in [-0.15, -0.1) is 0 Å². The van der Waals surface area contributed by atoms with Crippen molar-refractivity contribution >= 4 is 17.6 Å². The fourth-order valence-electron chi connectivity index (χ4n) is 1.80. The van der Waals surface area contributed by atoms with Crippen molar-refractivity contribution in [2.24, 2.45) is 5.92 Å². The maximum atomic E-state index is 11.7. The van der Waals surface area contributed by atoms with Crippen LogP contribution in [0, 0.1) is 12.8 Å². The van der Waals surface area contributed by atoms with E-state index in [1.165, 1.54) is 0 Å². The zero-order chi connectivity index (χ0) is 15.1. The first kappa shape index (κ1) is 16.2. The van der Waals surface area contributed by atoms with Gasteiger partial charge in [0.1, 0.15) is 6.04 Å². The van der Waals surface area contributed by atoms with Crippen molar-refractivity contribution in [1.82, 2.24) is 5.32 Å². The van der Waals surface area contributed by atoms with Crippen molar-refractivity contribution in [3.63, 3.8) is 0 Å². The third kappa shape index (κ3) is 5.84. The lowest BCUT2D eigenvalue weighted by Gasteiger charge is -2.16. The van der Waals surface area contributed by atoms with E-state index in [9.17, 15) is 9.59 Å². The lowest BCUT2D eigenvalue weighted by molar-refractivity contribution is -0.139. The summed E-state index contributed by atoms with van der Waals surface area (Å²) in [5.74, 6) is -0.922. The van der Waals surface area contributed by atoms with E-state index in [0.29, 0.717) is 12.1 Å².